The first-order valence-corrected chi connectivity index (χ1v) is 11.5. The first-order valence-electron chi connectivity index (χ1n) is 10.7. The van der Waals surface area contributed by atoms with Gasteiger partial charge >= 0.3 is 5.97 Å². The first kappa shape index (κ1) is 22.7. The topological polar surface area (TPSA) is 35.5 Å². The predicted molar refractivity (Wildman–Crippen MR) is 129 cm³/mol. The van der Waals surface area contributed by atoms with Crippen LogP contribution in [0.25, 0.3) is 11.1 Å². The third-order valence-electron chi connectivity index (χ3n) is 6.26. The Labute approximate surface area is 199 Å². The van der Waals surface area contributed by atoms with E-state index in [0.29, 0.717) is 13.0 Å². The van der Waals surface area contributed by atoms with Crippen molar-refractivity contribution in [3.8, 4) is 16.9 Å². The van der Waals surface area contributed by atoms with Gasteiger partial charge in [-0.2, -0.15) is 0 Å². The van der Waals surface area contributed by atoms with Gasteiger partial charge in [0.1, 0.15) is 22.1 Å². The van der Waals surface area contributed by atoms with Crippen molar-refractivity contribution in [1.82, 2.24) is 0 Å². The van der Waals surface area contributed by atoms with Crippen LogP contribution >= 0.6 is 23.2 Å². The third kappa shape index (κ3) is 4.00. The molecule has 1 aliphatic carbocycles. The number of carbonyl (C=O) groups excluding carboxylic acids is 1. The van der Waals surface area contributed by atoms with E-state index in [0.717, 1.165) is 39.1 Å². The minimum Gasteiger partial charge on any atom is -0.494 e. The van der Waals surface area contributed by atoms with Gasteiger partial charge in [-0.3, -0.25) is 4.79 Å². The van der Waals surface area contributed by atoms with Gasteiger partial charge in [0.15, 0.2) is 0 Å². The van der Waals surface area contributed by atoms with Gasteiger partial charge in [0.2, 0.25) is 0 Å². The second-order valence-corrected chi connectivity index (χ2v) is 9.70. The van der Waals surface area contributed by atoms with Gasteiger partial charge in [-0.25, -0.2) is 0 Å². The number of aryl methyl sites for hydroxylation is 1. The van der Waals surface area contributed by atoms with Crippen LogP contribution in [0.5, 0.6) is 5.75 Å². The molecule has 4 rings (SSSR count). The molecular formula is C27H26Cl2O3. The van der Waals surface area contributed by atoms with Crippen molar-refractivity contribution in [2.45, 2.75) is 43.5 Å². The van der Waals surface area contributed by atoms with E-state index < -0.39 is 15.7 Å². The Morgan fingerprint density at radius 1 is 0.969 bits per heavy atom. The van der Waals surface area contributed by atoms with Gasteiger partial charge in [-0.1, -0.05) is 77.8 Å². The average Bonchev–Trinajstić information content (AvgIpc) is 3.38. The molecule has 1 saturated carbocycles. The Morgan fingerprint density at radius 3 is 2.22 bits per heavy atom. The zero-order valence-corrected chi connectivity index (χ0v) is 20.0. The van der Waals surface area contributed by atoms with Crippen LogP contribution in [0.3, 0.4) is 0 Å². The molecule has 32 heavy (non-hydrogen) atoms. The summed E-state index contributed by atoms with van der Waals surface area (Å²) in [7, 11) is 0. The van der Waals surface area contributed by atoms with Gasteiger partial charge < -0.3 is 9.47 Å². The molecule has 0 aliphatic heterocycles. The van der Waals surface area contributed by atoms with Gasteiger partial charge in [-0.05, 0) is 66.3 Å². The third-order valence-corrected chi connectivity index (χ3v) is 7.17. The summed E-state index contributed by atoms with van der Waals surface area (Å²) >= 11 is 13.0. The lowest BCUT2D eigenvalue weighted by atomic mass is 9.93. The van der Waals surface area contributed by atoms with Crippen LogP contribution in [0.15, 0.2) is 66.7 Å². The smallest absolute Gasteiger partial charge is 0.320 e. The molecule has 5 heteroatoms. The first-order chi connectivity index (χ1) is 15.3. The van der Waals surface area contributed by atoms with Crippen molar-refractivity contribution < 1.29 is 14.3 Å². The van der Waals surface area contributed by atoms with Crippen LogP contribution in [0.2, 0.25) is 0 Å². The Hall–Kier alpha value is -2.49. The molecule has 1 unspecified atom stereocenters. The maximum absolute atomic E-state index is 13.3. The van der Waals surface area contributed by atoms with E-state index in [4.69, 9.17) is 32.7 Å². The highest BCUT2D eigenvalue weighted by molar-refractivity contribution is 6.54. The quantitative estimate of drug-likeness (QED) is 0.278. The molecule has 0 saturated heterocycles. The molecular weight excluding hydrogens is 443 g/mol. The summed E-state index contributed by atoms with van der Waals surface area (Å²) < 4.78 is 10.2. The normalized spacial score (nSPS) is 18.8. The molecule has 1 atom stereocenters. The standard InChI is InChI=1S/C27H26Cl2O3/c1-4-31-22-13-11-21(12-14-22)26(17-27(26,28)29)25(30)32-16-24-18(2)10-15-23(19(24)3)20-8-6-5-7-9-20/h5-15H,4,16-17H2,1-3H3. The summed E-state index contributed by atoms with van der Waals surface area (Å²) in [5.74, 6) is 0.328. The molecule has 1 aliphatic rings. The van der Waals surface area contributed by atoms with E-state index in [2.05, 4.69) is 31.2 Å². The highest BCUT2D eigenvalue weighted by Crippen LogP contribution is 2.65. The highest BCUT2D eigenvalue weighted by atomic mass is 35.5. The molecule has 0 spiro atoms. The molecule has 3 aromatic rings. The van der Waals surface area contributed by atoms with Gasteiger partial charge in [0, 0.05) is 6.42 Å². The van der Waals surface area contributed by atoms with Crippen molar-refractivity contribution in [2.75, 3.05) is 6.61 Å². The number of carbonyl (C=O) groups is 1. The van der Waals surface area contributed by atoms with Gasteiger partial charge in [0.25, 0.3) is 0 Å². The Morgan fingerprint density at radius 2 is 1.62 bits per heavy atom. The molecule has 0 amide bonds. The summed E-state index contributed by atoms with van der Waals surface area (Å²) in [6, 6.07) is 21.7. The van der Waals surface area contributed by atoms with E-state index in [1.165, 1.54) is 0 Å². The SMILES string of the molecule is CCOc1ccc(C2(C(=O)OCc3c(C)ccc(-c4ccccc4)c3C)CC2(Cl)Cl)cc1. The fourth-order valence-corrected chi connectivity index (χ4v) is 5.02. The molecule has 3 nitrogen and oxygen atoms in total. The Bertz CT molecular complexity index is 1120. The molecule has 0 radical (unpaired) electrons. The van der Waals surface area contributed by atoms with Gasteiger partial charge in [-0.15, -0.1) is 0 Å². The number of hydrogen-bond donors (Lipinski definition) is 0. The van der Waals surface area contributed by atoms with E-state index in [1.807, 2.05) is 56.3 Å². The number of rotatable bonds is 7. The second-order valence-electron chi connectivity index (χ2n) is 8.22. The van der Waals surface area contributed by atoms with E-state index in [9.17, 15) is 4.79 Å². The van der Waals surface area contributed by atoms with Crippen LogP contribution in [0, 0.1) is 13.8 Å². The lowest BCUT2D eigenvalue weighted by Crippen LogP contribution is -2.29. The number of benzene rings is 3. The van der Waals surface area contributed by atoms with Crippen LogP contribution in [-0.2, 0) is 21.6 Å². The Kier molecular flexibility index (Phi) is 6.24. The molecule has 3 aromatic carbocycles. The summed E-state index contributed by atoms with van der Waals surface area (Å²) in [5, 5.41) is 0. The number of halogens is 2. The lowest BCUT2D eigenvalue weighted by Gasteiger charge is -2.20. The molecule has 166 valence electrons. The summed E-state index contributed by atoms with van der Waals surface area (Å²) in [6.07, 6.45) is 0.317. The lowest BCUT2D eigenvalue weighted by molar-refractivity contribution is -0.148. The van der Waals surface area contributed by atoms with Crippen LogP contribution in [0.4, 0.5) is 0 Å². The number of hydrogen-bond acceptors (Lipinski definition) is 3. The largest absolute Gasteiger partial charge is 0.494 e. The molecule has 0 bridgehead atoms. The number of alkyl halides is 2. The van der Waals surface area contributed by atoms with E-state index in [-0.39, 0.29) is 6.61 Å². The summed E-state index contributed by atoms with van der Waals surface area (Å²) in [6.45, 7) is 6.75. The van der Waals surface area contributed by atoms with Crippen molar-refractivity contribution in [2.24, 2.45) is 0 Å². The maximum atomic E-state index is 13.3. The Balaban J connectivity index is 1.58. The molecule has 1 fully saturated rings. The zero-order valence-electron chi connectivity index (χ0n) is 18.5. The van der Waals surface area contributed by atoms with Crippen molar-refractivity contribution in [1.29, 1.82) is 0 Å². The number of ether oxygens (including phenoxy) is 2. The zero-order chi connectivity index (χ0) is 22.9. The molecule has 0 N–H and O–H groups in total. The van der Waals surface area contributed by atoms with E-state index in [1.54, 1.807) is 0 Å². The maximum Gasteiger partial charge on any atom is 0.320 e. The van der Waals surface area contributed by atoms with Crippen LogP contribution in [-0.4, -0.2) is 16.9 Å². The summed E-state index contributed by atoms with van der Waals surface area (Å²) in [5.41, 5.74) is 5.09. The molecule has 0 heterocycles. The predicted octanol–water partition coefficient (Wildman–Crippen LogP) is 6.93. The minimum atomic E-state index is -1.19. The molecule has 0 aromatic heterocycles. The fourth-order valence-electron chi connectivity index (χ4n) is 4.25. The van der Waals surface area contributed by atoms with E-state index >= 15 is 0 Å². The number of esters is 1. The van der Waals surface area contributed by atoms with Crippen molar-refractivity contribution in [3.63, 3.8) is 0 Å². The monoisotopic (exact) mass is 468 g/mol. The van der Waals surface area contributed by atoms with Crippen LogP contribution < -0.4 is 4.74 Å². The van der Waals surface area contributed by atoms with Crippen molar-refractivity contribution >= 4 is 29.2 Å². The second kappa shape index (κ2) is 8.80. The van der Waals surface area contributed by atoms with Gasteiger partial charge in [0.05, 0.1) is 6.61 Å². The average molecular weight is 469 g/mol. The minimum absolute atomic E-state index is 0.166. The highest BCUT2D eigenvalue weighted by Gasteiger charge is 2.73. The van der Waals surface area contributed by atoms with Crippen LogP contribution in [0.1, 0.15) is 35.6 Å². The van der Waals surface area contributed by atoms with Crippen molar-refractivity contribution in [3.05, 3.63) is 89.0 Å². The summed E-state index contributed by atoms with van der Waals surface area (Å²) in [4.78, 5) is 13.3. The fraction of sp³-hybridized carbons (Fsp3) is 0.296.